The van der Waals surface area contributed by atoms with Gasteiger partial charge >= 0.3 is 5.82 Å². The summed E-state index contributed by atoms with van der Waals surface area (Å²) >= 11 is 0. The number of hydrogen-bond acceptors (Lipinski definition) is 8. The van der Waals surface area contributed by atoms with Crippen LogP contribution in [-0.2, 0) is 5.54 Å². The molecule has 3 aromatic heterocycles. The van der Waals surface area contributed by atoms with E-state index in [4.69, 9.17) is 0 Å². The fourth-order valence-electron chi connectivity index (χ4n) is 6.24. The molecule has 0 atom stereocenters. The molecule has 10 nitrogen and oxygen atoms in total. The number of anilines is 4. The van der Waals surface area contributed by atoms with Crippen LogP contribution in [0.25, 0.3) is 0 Å². The number of aryl methyl sites for hydroxylation is 1. The van der Waals surface area contributed by atoms with Crippen LogP contribution < -0.4 is 20.7 Å². The van der Waals surface area contributed by atoms with Crippen LogP contribution in [-0.4, -0.2) is 51.1 Å². The van der Waals surface area contributed by atoms with Crippen LogP contribution in [0.2, 0.25) is 0 Å². The average molecular weight is 516 g/mol. The Morgan fingerprint density at radius 1 is 1.03 bits per heavy atom. The fourth-order valence-corrected chi connectivity index (χ4v) is 6.24. The lowest BCUT2D eigenvalue weighted by molar-refractivity contribution is -0.900. The molecule has 3 aliphatic rings. The number of carbonyl (C=O) groups excluding carboxylic acids is 1. The van der Waals surface area contributed by atoms with Gasteiger partial charge in [0.05, 0.1) is 5.56 Å². The first-order valence-electron chi connectivity index (χ1n) is 13.5. The van der Waals surface area contributed by atoms with Gasteiger partial charge in [-0.2, -0.15) is 4.98 Å². The second-order valence-electron chi connectivity index (χ2n) is 10.9. The zero-order valence-electron chi connectivity index (χ0n) is 22.0. The number of nitrogens with one attached hydrogen (secondary N) is 3. The van der Waals surface area contributed by atoms with Crippen LogP contribution in [0.15, 0.2) is 36.8 Å². The predicted molar refractivity (Wildman–Crippen MR) is 143 cm³/mol. The molecule has 1 amide bonds. The van der Waals surface area contributed by atoms with E-state index in [9.17, 15) is 10.0 Å². The van der Waals surface area contributed by atoms with Gasteiger partial charge in [-0.25, -0.2) is 15.3 Å². The van der Waals surface area contributed by atoms with E-state index < -0.39 is 5.54 Å². The molecule has 10 heteroatoms. The van der Waals surface area contributed by atoms with Gasteiger partial charge in [0, 0.05) is 18.3 Å². The first-order chi connectivity index (χ1) is 18.4. The lowest BCUT2D eigenvalue weighted by Gasteiger charge is -2.32. The number of fused-ring (bicyclic) bond motifs is 2. The Balaban J connectivity index is 1.21. The van der Waals surface area contributed by atoms with Crippen molar-refractivity contribution in [3.05, 3.63) is 59.2 Å². The number of piperidine rings is 1. The van der Waals surface area contributed by atoms with Crippen LogP contribution >= 0.6 is 0 Å². The van der Waals surface area contributed by atoms with E-state index in [1.165, 1.54) is 11.9 Å². The maximum absolute atomic E-state index is 12.8. The van der Waals surface area contributed by atoms with E-state index in [0.717, 1.165) is 68.3 Å². The third-order valence-corrected chi connectivity index (χ3v) is 8.32. The van der Waals surface area contributed by atoms with Crippen LogP contribution in [0.1, 0.15) is 78.0 Å². The number of likely N-dealkylation sites (tertiary alicyclic amines) is 1. The molecule has 1 saturated carbocycles. The quantitative estimate of drug-likeness (QED) is 0.298. The molecule has 2 aliphatic heterocycles. The number of pyridine rings is 2. The van der Waals surface area contributed by atoms with Gasteiger partial charge in [-0.1, -0.05) is 25.3 Å². The molecule has 198 valence electrons. The summed E-state index contributed by atoms with van der Waals surface area (Å²) in [4.78, 5) is 28.5. The van der Waals surface area contributed by atoms with Crippen molar-refractivity contribution in [1.82, 2.24) is 25.2 Å². The van der Waals surface area contributed by atoms with Gasteiger partial charge in [0.1, 0.15) is 23.5 Å². The van der Waals surface area contributed by atoms with Crippen molar-refractivity contribution in [2.75, 3.05) is 30.8 Å². The van der Waals surface area contributed by atoms with Gasteiger partial charge in [0.2, 0.25) is 5.82 Å². The highest BCUT2D eigenvalue weighted by Gasteiger charge is 2.50. The molecule has 1 spiro atoms. The number of aromatic nitrogens is 4. The second-order valence-corrected chi connectivity index (χ2v) is 10.9. The highest BCUT2D eigenvalue weighted by Crippen LogP contribution is 2.42. The molecule has 5 heterocycles. The topological polar surface area (TPSA) is 119 Å². The van der Waals surface area contributed by atoms with E-state index in [1.807, 2.05) is 19.2 Å². The van der Waals surface area contributed by atoms with Gasteiger partial charge in [-0.15, -0.1) is 0 Å². The molecule has 0 unspecified atom stereocenters. The molecular formula is C28H35N8O2+. The normalized spacial score (nSPS) is 19.3. The molecule has 1 aliphatic carbocycles. The van der Waals surface area contributed by atoms with E-state index in [2.05, 4.69) is 48.9 Å². The molecule has 1 saturated heterocycles. The average Bonchev–Trinajstić information content (AvgIpc) is 3.20. The van der Waals surface area contributed by atoms with Gasteiger partial charge < -0.3 is 20.7 Å². The smallest absolute Gasteiger partial charge is 0.320 e. The molecule has 3 aromatic rings. The number of hydrogen-bond donors (Lipinski definition) is 4. The van der Waals surface area contributed by atoms with Crippen LogP contribution in [0, 0.1) is 6.92 Å². The molecule has 6 rings (SSSR count). The third-order valence-electron chi connectivity index (χ3n) is 8.32. The van der Waals surface area contributed by atoms with E-state index in [0.29, 0.717) is 40.4 Å². The van der Waals surface area contributed by atoms with Gasteiger partial charge in [0.15, 0.2) is 5.69 Å². The SMILES string of the molecule is Cc1cc(Nc2cc(Nc3ccc(C4CCN(C)CC4)cn3)ncn2)[n+](O)c2c1C(=O)NC21CCCCC1. The minimum atomic E-state index is -0.522. The van der Waals surface area contributed by atoms with Crippen LogP contribution in [0.3, 0.4) is 0 Å². The largest absolute Gasteiger partial charge is 0.349 e. The third kappa shape index (κ3) is 4.53. The molecule has 0 aromatic carbocycles. The first kappa shape index (κ1) is 24.5. The minimum absolute atomic E-state index is 0.114. The summed E-state index contributed by atoms with van der Waals surface area (Å²) in [6.45, 7) is 4.14. The summed E-state index contributed by atoms with van der Waals surface area (Å²) in [5.41, 5.74) is 2.78. The Morgan fingerprint density at radius 3 is 2.47 bits per heavy atom. The Kier molecular flexibility index (Phi) is 6.35. The molecule has 0 radical (unpaired) electrons. The maximum atomic E-state index is 12.8. The second kappa shape index (κ2) is 9.83. The fraction of sp³-hybridized carbons (Fsp3) is 0.464. The predicted octanol–water partition coefficient (Wildman–Crippen LogP) is 3.90. The van der Waals surface area contributed by atoms with Crippen molar-refractivity contribution < 1.29 is 14.7 Å². The summed E-state index contributed by atoms with van der Waals surface area (Å²) in [7, 11) is 2.17. The van der Waals surface area contributed by atoms with Crippen molar-refractivity contribution in [3.8, 4) is 0 Å². The van der Waals surface area contributed by atoms with Crippen molar-refractivity contribution in [2.45, 2.75) is 63.3 Å². The van der Waals surface area contributed by atoms with Gasteiger partial charge in [-0.3, -0.25) is 4.79 Å². The highest BCUT2D eigenvalue weighted by atomic mass is 16.5. The van der Waals surface area contributed by atoms with E-state index in [-0.39, 0.29) is 5.91 Å². The summed E-state index contributed by atoms with van der Waals surface area (Å²) in [6.07, 6.45) is 10.6. The van der Waals surface area contributed by atoms with Gasteiger partial charge in [0.25, 0.3) is 5.91 Å². The summed E-state index contributed by atoms with van der Waals surface area (Å²) in [6, 6.07) is 7.68. The summed E-state index contributed by atoms with van der Waals surface area (Å²) in [5.74, 6) is 2.71. The van der Waals surface area contributed by atoms with Crippen LogP contribution in [0.5, 0.6) is 0 Å². The standard InChI is InChI=1S/C28H34N8O2/c1-18-14-24(36(38)26-25(18)27(37)34-28(26)10-4-3-5-11-28)33-23-15-22(30-17-31-23)32-21-7-6-20(16-29-21)19-8-12-35(2)13-9-19/h6-7,14-17,19,38H,3-5,8-13H2,1-2H3,(H2,29,30,31,32,34,37)/p+1. The summed E-state index contributed by atoms with van der Waals surface area (Å²) in [5, 5.41) is 20.9. The van der Waals surface area contributed by atoms with E-state index in [1.54, 1.807) is 12.1 Å². The Hall–Kier alpha value is -3.79. The molecule has 2 fully saturated rings. The van der Waals surface area contributed by atoms with Crippen molar-refractivity contribution in [1.29, 1.82) is 0 Å². The summed E-state index contributed by atoms with van der Waals surface area (Å²) < 4.78 is 1.13. The van der Waals surface area contributed by atoms with Crippen molar-refractivity contribution in [2.24, 2.45) is 0 Å². The number of amides is 1. The Labute approximate surface area is 222 Å². The zero-order chi connectivity index (χ0) is 26.3. The number of carbonyl (C=O) groups is 1. The monoisotopic (exact) mass is 515 g/mol. The molecule has 4 N–H and O–H groups in total. The first-order valence-corrected chi connectivity index (χ1v) is 13.5. The lowest BCUT2D eigenvalue weighted by Crippen LogP contribution is -2.50. The maximum Gasteiger partial charge on any atom is 0.320 e. The molecule has 0 bridgehead atoms. The number of rotatable bonds is 5. The Bertz CT molecular complexity index is 1350. The van der Waals surface area contributed by atoms with Gasteiger partial charge in [-0.05, 0) is 80.6 Å². The van der Waals surface area contributed by atoms with Crippen molar-refractivity contribution >= 4 is 29.2 Å². The zero-order valence-corrected chi connectivity index (χ0v) is 22.0. The Morgan fingerprint density at radius 2 is 1.76 bits per heavy atom. The van der Waals surface area contributed by atoms with Crippen molar-refractivity contribution in [3.63, 3.8) is 0 Å². The number of nitrogens with zero attached hydrogens (tertiary/aromatic N) is 5. The lowest BCUT2D eigenvalue weighted by atomic mass is 9.79. The van der Waals surface area contributed by atoms with Crippen LogP contribution in [0.4, 0.5) is 23.3 Å². The minimum Gasteiger partial charge on any atom is -0.349 e. The van der Waals surface area contributed by atoms with E-state index >= 15 is 0 Å². The molecular weight excluding hydrogens is 480 g/mol. The highest BCUT2D eigenvalue weighted by molar-refractivity contribution is 6.00. The molecule has 38 heavy (non-hydrogen) atoms.